The van der Waals surface area contributed by atoms with Gasteiger partial charge in [-0.05, 0) is 72.9 Å². The van der Waals surface area contributed by atoms with Crippen LogP contribution in [0, 0.1) is 19.3 Å². The Bertz CT molecular complexity index is 917. The zero-order valence-electron chi connectivity index (χ0n) is 19.1. The third-order valence-electron chi connectivity index (χ3n) is 6.22. The SMILES string of the molecule is CCCCN1CCc2c(C)cc(C)c(CC(C)(C)CNC(=O)c3ccccc3O)c21. The van der Waals surface area contributed by atoms with Crippen LogP contribution in [0.2, 0.25) is 0 Å². The van der Waals surface area contributed by atoms with E-state index in [0.717, 1.165) is 25.9 Å². The lowest BCUT2D eigenvalue weighted by Gasteiger charge is -2.30. The molecule has 0 bridgehead atoms. The van der Waals surface area contributed by atoms with Crippen molar-refractivity contribution in [1.29, 1.82) is 0 Å². The Morgan fingerprint density at radius 3 is 2.63 bits per heavy atom. The summed E-state index contributed by atoms with van der Waals surface area (Å²) in [7, 11) is 0. The van der Waals surface area contributed by atoms with Crippen LogP contribution in [-0.2, 0) is 12.8 Å². The molecular formula is C26H36N2O2. The number of carbonyl (C=O) groups is 1. The smallest absolute Gasteiger partial charge is 0.255 e. The Balaban J connectivity index is 1.79. The maximum Gasteiger partial charge on any atom is 0.255 e. The molecule has 1 aliphatic rings. The fourth-order valence-corrected chi connectivity index (χ4v) is 4.53. The first-order valence-electron chi connectivity index (χ1n) is 11.2. The number of amides is 1. The molecule has 4 nitrogen and oxygen atoms in total. The number of phenolic OH excluding ortho intramolecular Hbond substituents is 1. The second kappa shape index (κ2) is 9.11. The van der Waals surface area contributed by atoms with Crippen LogP contribution < -0.4 is 10.2 Å². The van der Waals surface area contributed by atoms with E-state index in [1.54, 1.807) is 24.3 Å². The molecule has 0 fully saturated rings. The number of hydrogen-bond acceptors (Lipinski definition) is 3. The predicted molar refractivity (Wildman–Crippen MR) is 125 cm³/mol. The van der Waals surface area contributed by atoms with Crippen LogP contribution in [0.25, 0.3) is 0 Å². The number of aromatic hydroxyl groups is 1. The monoisotopic (exact) mass is 408 g/mol. The number of aryl methyl sites for hydroxylation is 2. The number of hydrogen-bond donors (Lipinski definition) is 2. The molecule has 0 saturated carbocycles. The highest BCUT2D eigenvalue weighted by atomic mass is 16.3. The van der Waals surface area contributed by atoms with Gasteiger partial charge in [0.15, 0.2) is 0 Å². The van der Waals surface area contributed by atoms with Gasteiger partial charge in [-0.15, -0.1) is 0 Å². The van der Waals surface area contributed by atoms with Crippen molar-refractivity contribution in [2.45, 2.75) is 60.3 Å². The summed E-state index contributed by atoms with van der Waals surface area (Å²) in [5.41, 5.74) is 7.33. The predicted octanol–water partition coefficient (Wildman–Crippen LogP) is 5.17. The van der Waals surface area contributed by atoms with Crippen LogP contribution in [0.3, 0.4) is 0 Å². The van der Waals surface area contributed by atoms with Crippen molar-refractivity contribution in [3.63, 3.8) is 0 Å². The lowest BCUT2D eigenvalue weighted by Crippen LogP contribution is -2.36. The van der Waals surface area contributed by atoms with Crippen molar-refractivity contribution in [3.8, 4) is 5.75 Å². The molecule has 1 amide bonds. The number of fused-ring (bicyclic) bond motifs is 1. The molecule has 162 valence electrons. The molecule has 0 saturated heterocycles. The number of carbonyl (C=O) groups excluding carboxylic acids is 1. The number of para-hydroxylation sites is 1. The van der Waals surface area contributed by atoms with E-state index in [0.29, 0.717) is 12.1 Å². The van der Waals surface area contributed by atoms with Gasteiger partial charge in [0.1, 0.15) is 5.75 Å². The average Bonchev–Trinajstić information content (AvgIpc) is 3.12. The number of nitrogens with zero attached hydrogens (tertiary/aromatic N) is 1. The van der Waals surface area contributed by atoms with E-state index in [2.05, 4.69) is 50.9 Å². The highest BCUT2D eigenvalue weighted by Crippen LogP contribution is 2.39. The Hall–Kier alpha value is -2.49. The topological polar surface area (TPSA) is 52.6 Å². The van der Waals surface area contributed by atoms with Gasteiger partial charge in [-0.3, -0.25) is 4.79 Å². The summed E-state index contributed by atoms with van der Waals surface area (Å²) in [6.45, 7) is 13.9. The molecule has 0 radical (unpaired) electrons. The van der Waals surface area contributed by atoms with Crippen LogP contribution in [0.5, 0.6) is 5.75 Å². The van der Waals surface area contributed by atoms with Crippen LogP contribution in [-0.4, -0.2) is 30.6 Å². The van der Waals surface area contributed by atoms with Crippen molar-refractivity contribution < 1.29 is 9.90 Å². The third-order valence-corrected chi connectivity index (χ3v) is 6.22. The number of rotatable bonds is 8. The van der Waals surface area contributed by atoms with E-state index in [9.17, 15) is 9.90 Å². The molecule has 3 rings (SSSR count). The number of benzene rings is 2. The second-order valence-corrected chi connectivity index (χ2v) is 9.45. The third kappa shape index (κ3) is 4.80. The van der Waals surface area contributed by atoms with E-state index < -0.39 is 0 Å². The van der Waals surface area contributed by atoms with Gasteiger partial charge in [-0.25, -0.2) is 0 Å². The molecule has 0 aliphatic carbocycles. The molecule has 2 aromatic carbocycles. The molecule has 2 aromatic rings. The lowest BCUT2D eigenvalue weighted by atomic mass is 9.82. The molecule has 0 unspecified atom stereocenters. The quantitative estimate of drug-likeness (QED) is 0.633. The van der Waals surface area contributed by atoms with Crippen LogP contribution in [0.15, 0.2) is 30.3 Å². The fourth-order valence-electron chi connectivity index (χ4n) is 4.53. The molecule has 2 N–H and O–H groups in total. The molecule has 30 heavy (non-hydrogen) atoms. The summed E-state index contributed by atoms with van der Waals surface area (Å²) in [5, 5.41) is 13.0. The number of unbranched alkanes of at least 4 members (excludes halogenated alkanes) is 1. The zero-order chi connectivity index (χ0) is 21.9. The van der Waals surface area contributed by atoms with Crippen LogP contribution in [0.4, 0.5) is 5.69 Å². The lowest BCUT2D eigenvalue weighted by molar-refractivity contribution is 0.0933. The molecule has 4 heteroatoms. The first kappa shape index (κ1) is 22.2. The number of phenols is 1. The molecule has 0 atom stereocenters. The first-order valence-corrected chi connectivity index (χ1v) is 11.2. The van der Waals surface area contributed by atoms with Crippen molar-refractivity contribution in [2.24, 2.45) is 5.41 Å². The average molecular weight is 409 g/mol. The van der Waals surface area contributed by atoms with Gasteiger partial charge in [0.05, 0.1) is 5.56 Å². The summed E-state index contributed by atoms with van der Waals surface area (Å²) < 4.78 is 0. The van der Waals surface area contributed by atoms with Crippen molar-refractivity contribution in [3.05, 3.63) is 58.1 Å². The molecule has 0 spiro atoms. The maximum absolute atomic E-state index is 12.6. The molecule has 0 aromatic heterocycles. The van der Waals surface area contributed by atoms with Gasteiger partial charge in [0.25, 0.3) is 5.91 Å². The summed E-state index contributed by atoms with van der Waals surface area (Å²) in [5.74, 6) is -0.205. The Morgan fingerprint density at radius 1 is 1.20 bits per heavy atom. The summed E-state index contributed by atoms with van der Waals surface area (Å²) in [6, 6.07) is 9.02. The van der Waals surface area contributed by atoms with Crippen LogP contribution in [0.1, 0.15) is 66.2 Å². The largest absolute Gasteiger partial charge is 0.507 e. The van der Waals surface area contributed by atoms with E-state index >= 15 is 0 Å². The second-order valence-electron chi connectivity index (χ2n) is 9.45. The number of nitrogens with one attached hydrogen (secondary N) is 1. The minimum atomic E-state index is -0.225. The molecular weight excluding hydrogens is 372 g/mol. The van der Waals surface area contributed by atoms with Gasteiger partial charge >= 0.3 is 0 Å². The highest BCUT2D eigenvalue weighted by molar-refractivity contribution is 5.96. The van der Waals surface area contributed by atoms with Crippen LogP contribution >= 0.6 is 0 Å². The molecule has 1 aliphatic heterocycles. The standard InChI is InChI=1S/C26H36N2O2/c1-6-7-13-28-14-12-20-18(2)15-19(3)22(24(20)28)16-26(4,5)17-27-25(30)21-10-8-9-11-23(21)29/h8-11,15,29H,6-7,12-14,16-17H2,1-5H3,(H,27,30). The Kier molecular flexibility index (Phi) is 6.74. The number of anilines is 1. The maximum atomic E-state index is 12.6. The van der Waals surface area contributed by atoms with Gasteiger partial charge < -0.3 is 15.3 Å². The fraction of sp³-hybridized carbons (Fsp3) is 0.500. The van der Waals surface area contributed by atoms with E-state index in [1.165, 1.54) is 40.8 Å². The highest BCUT2D eigenvalue weighted by Gasteiger charge is 2.29. The zero-order valence-corrected chi connectivity index (χ0v) is 19.1. The van der Waals surface area contributed by atoms with Crippen molar-refractivity contribution >= 4 is 11.6 Å². The normalized spacial score (nSPS) is 13.4. The summed E-state index contributed by atoms with van der Waals surface area (Å²) in [6.07, 6.45) is 4.45. The van der Waals surface area contributed by atoms with E-state index in [4.69, 9.17) is 0 Å². The summed E-state index contributed by atoms with van der Waals surface area (Å²) >= 11 is 0. The first-order chi connectivity index (χ1) is 14.2. The van der Waals surface area contributed by atoms with Gasteiger partial charge in [0, 0.05) is 25.3 Å². The van der Waals surface area contributed by atoms with E-state index in [-0.39, 0.29) is 17.1 Å². The minimum absolute atomic E-state index is 0.0200. The van der Waals surface area contributed by atoms with Gasteiger partial charge in [-0.2, -0.15) is 0 Å². The van der Waals surface area contributed by atoms with E-state index in [1.807, 2.05) is 0 Å². The van der Waals surface area contributed by atoms with Crippen molar-refractivity contribution in [1.82, 2.24) is 5.32 Å². The minimum Gasteiger partial charge on any atom is -0.507 e. The Morgan fingerprint density at radius 2 is 1.93 bits per heavy atom. The molecule has 1 heterocycles. The van der Waals surface area contributed by atoms with Crippen molar-refractivity contribution in [2.75, 3.05) is 24.5 Å². The van der Waals surface area contributed by atoms with Gasteiger partial charge in [-0.1, -0.05) is 45.4 Å². The van der Waals surface area contributed by atoms with Gasteiger partial charge in [0.2, 0.25) is 0 Å². The summed E-state index contributed by atoms with van der Waals surface area (Å²) in [4.78, 5) is 15.1. The Labute approximate surface area is 181 Å².